The van der Waals surface area contributed by atoms with Gasteiger partial charge in [-0.05, 0) is 36.6 Å². The Balaban J connectivity index is 0.00000495. The van der Waals surface area contributed by atoms with Crippen molar-refractivity contribution >= 4 is 31.2 Å². The van der Waals surface area contributed by atoms with Gasteiger partial charge in [-0.1, -0.05) is 68.9 Å². The van der Waals surface area contributed by atoms with E-state index in [-0.39, 0.29) is 43.6 Å². The zero-order chi connectivity index (χ0) is 39.3. The molecule has 0 fully saturated rings. The van der Waals surface area contributed by atoms with Crippen molar-refractivity contribution in [3.8, 4) is 11.8 Å². The molecule has 0 spiro atoms. The number of nitrogens with one attached hydrogen (secondary N) is 2. The molecule has 300 valence electrons. The fourth-order valence-corrected chi connectivity index (χ4v) is 5.44. The Morgan fingerprint density at radius 2 is 1.24 bits per heavy atom. The van der Waals surface area contributed by atoms with Crippen LogP contribution in [0.1, 0.15) is 75.5 Å². The molecule has 0 aliphatic carbocycles. The molecule has 1 atom stereocenters. The SMILES string of the molecule is CC.COP(=O)(O)OCCCCCCNC(=O)CCOCCOCCOCCOCCNC(=O)CCC(=O)N1Cc2ccccc2C#Cc2ccccc21. The summed E-state index contributed by atoms with van der Waals surface area (Å²) in [5.74, 6) is 5.95. The van der Waals surface area contributed by atoms with E-state index in [1.54, 1.807) is 4.90 Å². The minimum absolute atomic E-state index is 0.0737. The van der Waals surface area contributed by atoms with Crippen molar-refractivity contribution in [3.63, 3.8) is 0 Å². The van der Waals surface area contributed by atoms with Crippen LogP contribution in [0.3, 0.4) is 0 Å². The van der Waals surface area contributed by atoms with Crippen LogP contribution in [0.4, 0.5) is 5.69 Å². The number of para-hydroxylation sites is 1. The number of benzene rings is 2. The van der Waals surface area contributed by atoms with Gasteiger partial charge in [0.1, 0.15) is 0 Å². The summed E-state index contributed by atoms with van der Waals surface area (Å²) in [6.45, 7) is 8.39. The quantitative estimate of drug-likeness (QED) is 0.0650. The number of nitrogens with zero attached hydrogens (tertiary/aromatic N) is 1. The summed E-state index contributed by atoms with van der Waals surface area (Å²) in [6.07, 6.45) is 3.55. The second-order valence-electron chi connectivity index (χ2n) is 11.7. The van der Waals surface area contributed by atoms with Crippen molar-refractivity contribution in [1.29, 1.82) is 0 Å². The third-order valence-corrected chi connectivity index (χ3v) is 8.75. The van der Waals surface area contributed by atoms with E-state index in [0.717, 1.165) is 48.8 Å². The number of anilines is 1. The van der Waals surface area contributed by atoms with Gasteiger partial charge in [-0.2, -0.15) is 0 Å². The molecular weight excluding hydrogens is 717 g/mol. The molecule has 54 heavy (non-hydrogen) atoms. The molecule has 3 amide bonds. The number of phosphoric acid groups is 1. The first kappa shape index (κ1) is 46.5. The number of hydrogen-bond acceptors (Lipinski definition) is 10. The van der Waals surface area contributed by atoms with Crippen LogP contribution in [0.5, 0.6) is 0 Å². The monoisotopic (exact) mass is 775 g/mol. The summed E-state index contributed by atoms with van der Waals surface area (Å²) in [5, 5.41) is 5.64. The van der Waals surface area contributed by atoms with Gasteiger partial charge in [-0.15, -0.1) is 0 Å². The minimum atomic E-state index is -3.90. The third-order valence-electron chi connectivity index (χ3n) is 7.78. The summed E-state index contributed by atoms with van der Waals surface area (Å²) in [4.78, 5) is 48.4. The highest BCUT2D eigenvalue weighted by Gasteiger charge is 2.22. The summed E-state index contributed by atoms with van der Waals surface area (Å²) >= 11 is 0. The maximum Gasteiger partial charge on any atom is 0.471 e. The number of amides is 3. The molecule has 0 radical (unpaired) electrons. The lowest BCUT2D eigenvalue weighted by molar-refractivity contribution is -0.125. The van der Waals surface area contributed by atoms with Crippen molar-refractivity contribution in [3.05, 3.63) is 65.2 Å². The Labute approximate surface area is 320 Å². The van der Waals surface area contributed by atoms with Gasteiger partial charge < -0.3 is 39.4 Å². The van der Waals surface area contributed by atoms with Gasteiger partial charge in [0.2, 0.25) is 17.7 Å². The third kappa shape index (κ3) is 20.2. The zero-order valence-corrected chi connectivity index (χ0v) is 32.9. The molecule has 1 heterocycles. The fourth-order valence-electron chi connectivity index (χ4n) is 4.97. The van der Waals surface area contributed by atoms with Gasteiger partial charge in [0.25, 0.3) is 0 Å². The fraction of sp³-hybridized carbons (Fsp3) is 0.564. The Morgan fingerprint density at radius 1 is 0.685 bits per heavy atom. The Morgan fingerprint density at radius 3 is 1.94 bits per heavy atom. The maximum absolute atomic E-state index is 13.3. The van der Waals surface area contributed by atoms with Crippen LogP contribution in [0.25, 0.3) is 0 Å². The molecule has 2 aromatic carbocycles. The van der Waals surface area contributed by atoms with Gasteiger partial charge >= 0.3 is 7.82 Å². The van der Waals surface area contributed by atoms with E-state index in [1.807, 2.05) is 62.4 Å². The van der Waals surface area contributed by atoms with Crippen LogP contribution in [0.15, 0.2) is 48.5 Å². The lowest BCUT2D eigenvalue weighted by Gasteiger charge is -2.26. The standard InChI is InChI=1S/C37H52N3O11P.C2H6/c1-46-52(44,45)51-21-9-3-2-8-19-38-36(42)18-22-47-24-26-49-28-29-50-27-25-48-23-20-39-35(41)16-17-37(43)40-30-33-12-5-4-10-31(33)14-15-32-11-6-7-13-34(32)40;1-2/h4-7,10-13H,2-3,8-9,16-30H2,1H3,(H,38,42)(H,39,41)(H,44,45);1-2H3. The predicted octanol–water partition coefficient (Wildman–Crippen LogP) is 4.75. The topological polar surface area (TPSA) is 171 Å². The lowest BCUT2D eigenvalue weighted by atomic mass is 10.0. The highest BCUT2D eigenvalue weighted by atomic mass is 31.2. The normalized spacial score (nSPS) is 12.7. The molecule has 1 aliphatic heterocycles. The van der Waals surface area contributed by atoms with Crippen molar-refractivity contribution in [2.24, 2.45) is 0 Å². The second-order valence-corrected chi connectivity index (χ2v) is 13.3. The molecule has 0 saturated carbocycles. The summed E-state index contributed by atoms with van der Waals surface area (Å²) in [5.41, 5.74) is 3.37. The lowest BCUT2D eigenvalue weighted by Crippen LogP contribution is -2.34. The molecule has 1 unspecified atom stereocenters. The number of rotatable bonds is 27. The van der Waals surface area contributed by atoms with Crippen molar-refractivity contribution in [2.45, 2.75) is 65.3 Å². The van der Waals surface area contributed by atoms with Gasteiger partial charge in [-0.3, -0.25) is 23.4 Å². The van der Waals surface area contributed by atoms with E-state index in [1.165, 1.54) is 0 Å². The van der Waals surface area contributed by atoms with Crippen LogP contribution in [0, 0.1) is 11.8 Å². The minimum Gasteiger partial charge on any atom is -0.379 e. The number of unbranched alkanes of at least 4 members (excludes halogenated alkanes) is 3. The molecule has 1 aliphatic rings. The Hall–Kier alpha value is -3.64. The van der Waals surface area contributed by atoms with Gasteiger partial charge in [-0.25, -0.2) is 4.57 Å². The summed E-state index contributed by atoms with van der Waals surface area (Å²) in [6, 6.07) is 15.3. The van der Waals surface area contributed by atoms with Gasteiger partial charge in [0.15, 0.2) is 0 Å². The first-order valence-electron chi connectivity index (χ1n) is 18.7. The van der Waals surface area contributed by atoms with E-state index >= 15 is 0 Å². The zero-order valence-electron chi connectivity index (χ0n) is 32.0. The predicted molar refractivity (Wildman–Crippen MR) is 206 cm³/mol. The number of ether oxygens (including phenoxy) is 4. The molecule has 0 bridgehead atoms. The number of hydrogen-bond donors (Lipinski definition) is 3. The number of carbonyl (C=O) groups is 3. The molecule has 14 nitrogen and oxygen atoms in total. The average molecular weight is 776 g/mol. The molecule has 2 aromatic rings. The Bertz CT molecular complexity index is 1500. The van der Waals surface area contributed by atoms with Crippen molar-refractivity contribution in [2.75, 3.05) is 84.6 Å². The Kier molecular flexibility index (Phi) is 24.8. The molecular formula is C39H58N3O11P. The van der Waals surface area contributed by atoms with E-state index in [4.69, 9.17) is 28.4 Å². The van der Waals surface area contributed by atoms with E-state index in [9.17, 15) is 18.9 Å². The molecule has 0 aromatic heterocycles. The first-order valence-corrected chi connectivity index (χ1v) is 20.2. The average Bonchev–Trinajstić information content (AvgIpc) is 3.18. The van der Waals surface area contributed by atoms with Crippen molar-refractivity contribution < 1.29 is 51.8 Å². The number of phosphoric ester groups is 1. The molecule has 15 heteroatoms. The first-order chi connectivity index (χ1) is 26.3. The second kappa shape index (κ2) is 28.8. The van der Waals surface area contributed by atoms with Gasteiger partial charge in [0, 0.05) is 50.6 Å². The maximum atomic E-state index is 13.3. The van der Waals surface area contributed by atoms with E-state index < -0.39 is 7.82 Å². The van der Waals surface area contributed by atoms with Crippen LogP contribution >= 0.6 is 7.82 Å². The van der Waals surface area contributed by atoms with Crippen molar-refractivity contribution in [1.82, 2.24) is 10.6 Å². The number of fused-ring (bicyclic) bond motifs is 2. The summed E-state index contributed by atoms with van der Waals surface area (Å²) in [7, 11) is -2.78. The van der Waals surface area contributed by atoms with Crippen LogP contribution in [-0.4, -0.2) is 102 Å². The molecule has 3 N–H and O–H groups in total. The number of carbonyl (C=O) groups excluding carboxylic acids is 3. The molecule has 3 rings (SSSR count). The highest BCUT2D eigenvalue weighted by molar-refractivity contribution is 7.47. The largest absolute Gasteiger partial charge is 0.471 e. The van der Waals surface area contributed by atoms with E-state index in [2.05, 4.69) is 27.0 Å². The van der Waals surface area contributed by atoms with Crippen LogP contribution in [-0.2, 0) is 53.5 Å². The van der Waals surface area contributed by atoms with Gasteiger partial charge in [0.05, 0.1) is 71.7 Å². The smallest absolute Gasteiger partial charge is 0.379 e. The highest BCUT2D eigenvalue weighted by Crippen LogP contribution is 2.41. The summed E-state index contributed by atoms with van der Waals surface area (Å²) < 4.78 is 42.1. The van der Waals surface area contributed by atoms with Crippen LogP contribution < -0.4 is 15.5 Å². The van der Waals surface area contributed by atoms with E-state index in [0.29, 0.717) is 78.9 Å². The van der Waals surface area contributed by atoms with Crippen LogP contribution in [0.2, 0.25) is 0 Å². The molecule has 0 saturated heterocycles.